The van der Waals surface area contributed by atoms with Gasteiger partial charge in [0, 0.05) is 54.8 Å². The molecule has 12 heteroatoms. The van der Waals surface area contributed by atoms with E-state index in [2.05, 4.69) is 5.32 Å². The Kier molecular flexibility index (Phi) is 8.24. The highest BCUT2D eigenvalue weighted by Gasteiger charge is 2.36. The summed E-state index contributed by atoms with van der Waals surface area (Å²) in [5, 5.41) is 20.7. The highest BCUT2D eigenvalue weighted by molar-refractivity contribution is 6.40. The Bertz CT molecular complexity index is 1680. The Morgan fingerprint density at radius 1 is 1.09 bits per heavy atom. The van der Waals surface area contributed by atoms with Gasteiger partial charge in [0.1, 0.15) is 11.6 Å². The maximum absolute atomic E-state index is 15.6. The summed E-state index contributed by atoms with van der Waals surface area (Å²) in [4.78, 5) is 29.1. The molecule has 2 atom stereocenters. The third-order valence-electron chi connectivity index (χ3n) is 8.14. The molecule has 6 rings (SSSR count). The van der Waals surface area contributed by atoms with E-state index in [9.17, 15) is 14.7 Å². The smallest absolute Gasteiger partial charge is 0.337 e. The van der Waals surface area contributed by atoms with Crippen molar-refractivity contribution in [1.29, 1.82) is 5.41 Å². The molecule has 3 N–H and O–H groups in total. The number of fused-ring (bicyclic) bond motifs is 3. The number of carbonyl (C=O) groups excluding carboxylic acids is 1. The van der Waals surface area contributed by atoms with Gasteiger partial charge in [-0.05, 0) is 42.7 Å². The van der Waals surface area contributed by atoms with Crippen LogP contribution in [0.2, 0.25) is 10.0 Å². The first-order valence-electron chi connectivity index (χ1n) is 14.1. The van der Waals surface area contributed by atoms with Crippen LogP contribution in [0, 0.1) is 11.2 Å². The van der Waals surface area contributed by atoms with Crippen LogP contribution in [0.5, 0.6) is 5.75 Å². The lowest BCUT2D eigenvalue weighted by molar-refractivity contribution is 0.0303. The summed E-state index contributed by atoms with van der Waals surface area (Å²) in [5.74, 6) is -1.93. The SMILES string of the molecule is CN/C=C(\C=N)c1cc(Cl)c(C(=O)N2COc3c(cccc3-c3cc(N4CC5CCC(C4)O5)c(C(=O)O)cc3F)C2)c(Cl)c1. The molecule has 3 aliphatic heterocycles. The molecule has 2 fully saturated rings. The van der Waals surface area contributed by atoms with Crippen molar-refractivity contribution < 1.29 is 28.6 Å². The van der Waals surface area contributed by atoms with Gasteiger partial charge >= 0.3 is 5.97 Å². The van der Waals surface area contributed by atoms with Crippen LogP contribution in [0.25, 0.3) is 16.7 Å². The molecule has 0 aliphatic carbocycles. The van der Waals surface area contributed by atoms with Gasteiger partial charge in [0.2, 0.25) is 0 Å². The summed E-state index contributed by atoms with van der Waals surface area (Å²) in [6.07, 6.45) is 4.62. The van der Waals surface area contributed by atoms with Crippen molar-refractivity contribution in [3.8, 4) is 16.9 Å². The van der Waals surface area contributed by atoms with Crippen LogP contribution in [0.15, 0.2) is 48.7 Å². The largest absolute Gasteiger partial charge is 0.478 e. The molecule has 0 saturated carbocycles. The monoisotopic (exact) mass is 638 g/mol. The van der Waals surface area contributed by atoms with Crippen molar-refractivity contribution in [3.05, 3.63) is 86.8 Å². The molecule has 9 nitrogen and oxygen atoms in total. The number of morpholine rings is 1. The van der Waals surface area contributed by atoms with E-state index in [1.807, 2.05) is 4.90 Å². The van der Waals surface area contributed by atoms with E-state index in [0.29, 0.717) is 46.8 Å². The standard InChI is InChI=1S/C32H29Cl2FN4O5/c1-37-12-19(11-36)18-7-25(33)29(26(34)8-18)31(40)39-13-17-3-2-4-22(30(17)43-16-39)23-10-28(24(32(41)42)9-27(23)35)38-14-20-5-6-21(15-38)44-20/h2-4,7-12,20-21,36-37H,5-6,13-16H2,1H3,(H,41,42)/b19-12+,36-11?. The number of halogens is 3. The van der Waals surface area contributed by atoms with Crippen LogP contribution < -0.4 is 15.0 Å². The minimum absolute atomic E-state index is 0.0151. The topological polar surface area (TPSA) is 115 Å². The molecule has 2 saturated heterocycles. The lowest BCUT2D eigenvalue weighted by Crippen LogP contribution is -2.43. The summed E-state index contributed by atoms with van der Waals surface area (Å²) in [6.45, 7) is 1.07. The zero-order valence-corrected chi connectivity index (χ0v) is 25.2. The Balaban J connectivity index is 1.31. The molecule has 3 aliphatic rings. The zero-order chi connectivity index (χ0) is 31.1. The maximum atomic E-state index is 15.6. The number of nitrogens with one attached hydrogen (secondary N) is 2. The fourth-order valence-corrected chi connectivity index (χ4v) is 6.74. The molecule has 0 spiro atoms. The molecular weight excluding hydrogens is 610 g/mol. The number of benzene rings is 3. The Labute approximate surface area is 263 Å². The summed E-state index contributed by atoms with van der Waals surface area (Å²) in [6, 6.07) is 11.0. The number of anilines is 1. The van der Waals surface area contributed by atoms with E-state index < -0.39 is 17.7 Å². The third-order valence-corrected chi connectivity index (χ3v) is 8.74. The number of para-hydroxylation sites is 1. The molecule has 3 aromatic carbocycles. The van der Waals surface area contributed by atoms with Crippen LogP contribution in [-0.4, -0.2) is 67.2 Å². The van der Waals surface area contributed by atoms with Gasteiger partial charge in [-0.25, -0.2) is 9.18 Å². The fourth-order valence-electron chi connectivity index (χ4n) is 6.09. The zero-order valence-electron chi connectivity index (χ0n) is 23.7. The molecule has 3 heterocycles. The molecule has 2 unspecified atom stereocenters. The van der Waals surface area contributed by atoms with E-state index in [1.165, 1.54) is 4.90 Å². The molecule has 3 aromatic rings. The van der Waals surface area contributed by atoms with Crippen LogP contribution in [0.4, 0.5) is 10.1 Å². The number of rotatable bonds is 7. The lowest BCUT2D eigenvalue weighted by atomic mass is 9.96. The Morgan fingerprint density at radius 2 is 1.80 bits per heavy atom. The van der Waals surface area contributed by atoms with Gasteiger partial charge < -0.3 is 35.1 Å². The summed E-state index contributed by atoms with van der Waals surface area (Å²) >= 11 is 13.0. The number of hydrogen-bond donors (Lipinski definition) is 3. The van der Waals surface area contributed by atoms with Crippen LogP contribution in [0.3, 0.4) is 0 Å². The highest BCUT2D eigenvalue weighted by Crippen LogP contribution is 2.42. The molecule has 1 amide bonds. The Morgan fingerprint density at radius 3 is 2.43 bits per heavy atom. The minimum Gasteiger partial charge on any atom is -0.478 e. The summed E-state index contributed by atoms with van der Waals surface area (Å²) in [7, 11) is 1.70. The quantitative estimate of drug-likeness (QED) is 0.269. The second-order valence-electron chi connectivity index (χ2n) is 10.9. The van der Waals surface area contributed by atoms with Crippen molar-refractivity contribution in [1.82, 2.24) is 10.2 Å². The number of hydrogen-bond acceptors (Lipinski definition) is 7. The van der Waals surface area contributed by atoms with Gasteiger partial charge in [-0.1, -0.05) is 41.4 Å². The molecule has 44 heavy (non-hydrogen) atoms. The van der Waals surface area contributed by atoms with Crippen molar-refractivity contribution in [2.24, 2.45) is 0 Å². The predicted octanol–water partition coefficient (Wildman–Crippen LogP) is 6.07. The van der Waals surface area contributed by atoms with Gasteiger partial charge in [0.25, 0.3) is 5.91 Å². The maximum Gasteiger partial charge on any atom is 0.337 e. The average Bonchev–Trinajstić information content (AvgIpc) is 3.35. The van der Waals surface area contributed by atoms with E-state index in [1.54, 1.807) is 49.6 Å². The van der Waals surface area contributed by atoms with E-state index >= 15 is 4.39 Å². The van der Waals surface area contributed by atoms with Crippen molar-refractivity contribution in [2.45, 2.75) is 31.6 Å². The number of ether oxygens (including phenoxy) is 2. The molecule has 0 radical (unpaired) electrons. The van der Waals surface area contributed by atoms with Crippen molar-refractivity contribution in [3.63, 3.8) is 0 Å². The summed E-state index contributed by atoms with van der Waals surface area (Å²) < 4.78 is 27.6. The number of carboxylic acids is 1. The van der Waals surface area contributed by atoms with Crippen LogP contribution >= 0.6 is 23.2 Å². The van der Waals surface area contributed by atoms with Crippen LogP contribution in [-0.2, 0) is 11.3 Å². The fraction of sp³-hybridized carbons (Fsp3) is 0.281. The van der Waals surface area contributed by atoms with Crippen LogP contribution in [0.1, 0.15) is 44.7 Å². The molecule has 2 bridgehead atoms. The number of aromatic carboxylic acids is 1. The first-order chi connectivity index (χ1) is 21.2. The van der Waals surface area contributed by atoms with E-state index in [0.717, 1.165) is 25.1 Å². The first kappa shape index (κ1) is 29.9. The normalized spacial score (nSPS) is 19.3. The number of carbonyl (C=O) groups is 2. The van der Waals surface area contributed by atoms with E-state index in [-0.39, 0.29) is 52.2 Å². The van der Waals surface area contributed by atoms with E-state index in [4.69, 9.17) is 38.1 Å². The third kappa shape index (κ3) is 5.49. The van der Waals surface area contributed by atoms with Gasteiger partial charge in [0.05, 0.1) is 45.6 Å². The predicted molar refractivity (Wildman–Crippen MR) is 167 cm³/mol. The van der Waals surface area contributed by atoms with Gasteiger partial charge in [-0.2, -0.15) is 0 Å². The van der Waals surface area contributed by atoms with Gasteiger partial charge in [-0.15, -0.1) is 0 Å². The average molecular weight is 640 g/mol. The minimum atomic E-state index is -1.21. The molecule has 0 aromatic heterocycles. The highest BCUT2D eigenvalue weighted by atomic mass is 35.5. The summed E-state index contributed by atoms with van der Waals surface area (Å²) in [5.41, 5.74) is 2.84. The second-order valence-corrected chi connectivity index (χ2v) is 11.7. The number of nitrogens with zero attached hydrogens (tertiary/aromatic N) is 2. The second kappa shape index (κ2) is 12.1. The lowest BCUT2D eigenvalue weighted by Gasteiger charge is -2.35. The first-order valence-corrected chi connectivity index (χ1v) is 14.8. The Hall–Kier alpha value is -4.12. The van der Waals surface area contributed by atoms with Crippen molar-refractivity contribution >= 4 is 52.6 Å². The van der Waals surface area contributed by atoms with Crippen molar-refractivity contribution in [2.75, 3.05) is 31.8 Å². The number of carboxylic acid groups (broad SMARTS) is 1. The molecule has 228 valence electrons. The number of amides is 1. The molecular formula is C32H29Cl2FN4O5. The van der Waals surface area contributed by atoms with Gasteiger partial charge in [-0.3, -0.25) is 4.79 Å². The number of allylic oxidation sites excluding steroid dienone is 1. The van der Waals surface area contributed by atoms with Gasteiger partial charge in [0.15, 0.2) is 6.73 Å².